The summed E-state index contributed by atoms with van der Waals surface area (Å²) in [5.41, 5.74) is 1.57. The Morgan fingerprint density at radius 3 is 2.67 bits per heavy atom. The molecule has 5 heteroatoms. The maximum Gasteiger partial charge on any atom is 0.357 e. The molecular weight excluding hydrogens is 230 g/mol. The molecule has 3 rings (SSSR count). The predicted molar refractivity (Wildman–Crippen MR) is 65.8 cm³/mol. The Balaban J connectivity index is 2.34. The van der Waals surface area contributed by atoms with Crippen LogP contribution in [-0.2, 0) is 0 Å². The number of hydrogen-bond acceptors (Lipinski definition) is 3. The zero-order chi connectivity index (χ0) is 12.5. The Morgan fingerprint density at radius 1 is 1.17 bits per heavy atom. The zero-order valence-corrected chi connectivity index (χ0v) is 9.32. The normalized spacial score (nSPS) is 10.7. The Bertz CT molecular complexity index is 719. The van der Waals surface area contributed by atoms with E-state index in [2.05, 4.69) is 10.1 Å². The van der Waals surface area contributed by atoms with Gasteiger partial charge in [0.05, 0.1) is 16.6 Å². The Kier molecular flexibility index (Phi) is 2.30. The minimum atomic E-state index is -1.05. The van der Waals surface area contributed by atoms with E-state index in [1.54, 1.807) is 16.9 Å². The molecule has 0 spiro atoms. The number of fused-ring (bicyclic) bond motifs is 1. The van der Waals surface area contributed by atoms with Gasteiger partial charge in [-0.15, -0.1) is 0 Å². The summed E-state index contributed by atoms with van der Waals surface area (Å²) < 4.78 is 1.61. The van der Waals surface area contributed by atoms with Crippen molar-refractivity contribution in [3.8, 4) is 5.69 Å². The third kappa shape index (κ3) is 1.53. The van der Waals surface area contributed by atoms with Crippen LogP contribution in [0.4, 0.5) is 0 Å². The summed E-state index contributed by atoms with van der Waals surface area (Å²) in [6.07, 6.45) is 3.14. The highest BCUT2D eigenvalue weighted by molar-refractivity contribution is 6.01. The maximum atomic E-state index is 11.2. The van der Waals surface area contributed by atoms with Gasteiger partial charge < -0.3 is 5.11 Å². The molecule has 3 aromatic rings. The van der Waals surface area contributed by atoms with E-state index in [4.69, 9.17) is 5.11 Å². The van der Waals surface area contributed by atoms with Gasteiger partial charge in [-0.1, -0.05) is 18.2 Å². The van der Waals surface area contributed by atoms with Crippen LogP contribution in [0.3, 0.4) is 0 Å². The van der Waals surface area contributed by atoms with Crippen LogP contribution in [-0.4, -0.2) is 25.8 Å². The lowest BCUT2D eigenvalue weighted by Gasteiger charge is -2.01. The molecule has 0 aliphatic heterocycles. The second-order valence-electron chi connectivity index (χ2n) is 3.79. The first-order chi connectivity index (χ1) is 8.77. The Morgan fingerprint density at radius 2 is 1.94 bits per heavy atom. The van der Waals surface area contributed by atoms with Crippen molar-refractivity contribution >= 4 is 16.9 Å². The molecule has 0 bridgehead atoms. The van der Waals surface area contributed by atoms with Crippen LogP contribution in [0.5, 0.6) is 0 Å². The molecule has 0 radical (unpaired) electrons. The van der Waals surface area contributed by atoms with Gasteiger partial charge in [0.1, 0.15) is 0 Å². The van der Waals surface area contributed by atoms with Crippen LogP contribution < -0.4 is 0 Å². The first-order valence-electron chi connectivity index (χ1n) is 5.39. The lowest BCUT2D eigenvalue weighted by Crippen LogP contribution is -2.01. The fourth-order valence-electron chi connectivity index (χ4n) is 1.89. The molecule has 18 heavy (non-hydrogen) atoms. The lowest BCUT2D eigenvalue weighted by atomic mass is 10.2. The molecule has 0 saturated heterocycles. The van der Waals surface area contributed by atoms with Crippen LogP contribution in [0.1, 0.15) is 10.5 Å². The van der Waals surface area contributed by atoms with E-state index in [1.807, 2.05) is 30.3 Å². The topological polar surface area (TPSA) is 68.0 Å². The number of nitrogens with zero attached hydrogens (tertiary/aromatic N) is 3. The highest BCUT2D eigenvalue weighted by atomic mass is 16.4. The summed E-state index contributed by atoms with van der Waals surface area (Å²) in [6, 6.07) is 11.2. The zero-order valence-electron chi connectivity index (χ0n) is 9.32. The highest BCUT2D eigenvalue weighted by Gasteiger charge is 2.16. The van der Waals surface area contributed by atoms with Crippen LogP contribution in [0.25, 0.3) is 16.6 Å². The van der Waals surface area contributed by atoms with E-state index in [0.717, 1.165) is 11.2 Å². The van der Waals surface area contributed by atoms with Gasteiger partial charge in [0.25, 0.3) is 0 Å². The van der Waals surface area contributed by atoms with Gasteiger partial charge in [0, 0.05) is 12.4 Å². The molecule has 0 fully saturated rings. The number of carboxylic acid groups (broad SMARTS) is 1. The fourth-order valence-corrected chi connectivity index (χ4v) is 1.89. The number of rotatable bonds is 2. The van der Waals surface area contributed by atoms with Gasteiger partial charge in [-0.25, -0.2) is 9.48 Å². The van der Waals surface area contributed by atoms with Crippen LogP contribution in [0, 0.1) is 0 Å². The van der Waals surface area contributed by atoms with Gasteiger partial charge >= 0.3 is 5.97 Å². The van der Waals surface area contributed by atoms with E-state index < -0.39 is 5.97 Å². The molecule has 2 aromatic heterocycles. The van der Waals surface area contributed by atoms with Gasteiger partial charge in [-0.2, -0.15) is 5.10 Å². The molecule has 1 aromatic carbocycles. The maximum absolute atomic E-state index is 11.2. The summed E-state index contributed by atoms with van der Waals surface area (Å²) in [5.74, 6) is -1.05. The summed E-state index contributed by atoms with van der Waals surface area (Å²) in [6.45, 7) is 0. The quantitative estimate of drug-likeness (QED) is 0.743. The molecular formula is C13H9N3O2. The molecule has 0 saturated carbocycles. The number of hydrogen-bond donors (Lipinski definition) is 1. The summed E-state index contributed by atoms with van der Waals surface area (Å²) in [5, 5.41) is 13.8. The van der Waals surface area contributed by atoms with Crippen molar-refractivity contribution in [3.05, 3.63) is 54.5 Å². The van der Waals surface area contributed by atoms with E-state index in [-0.39, 0.29) is 5.69 Å². The van der Waals surface area contributed by atoms with Gasteiger partial charge in [0.15, 0.2) is 5.69 Å². The second kappa shape index (κ2) is 3.96. The largest absolute Gasteiger partial charge is 0.476 e. The van der Waals surface area contributed by atoms with E-state index in [9.17, 15) is 4.79 Å². The van der Waals surface area contributed by atoms with E-state index >= 15 is 0 Å². The van der Waals surface area contributed by atoms with Crippen molar-refractivity contribution in [3.63, 3.8) is 0 Å². The van der Waals surface area contributed by atoms with Crippen LogP contribution >= 0.6 is 0 Å². The molecule has 2 heterocycles. The smallest absolute Gasteiger partial charge is 0.357 e. The highest BCUT2D eigenvalue weighted by Crippen LogP contribution is 2.20. The molecule has 0 atom stereocenters. The van der Waals surface area contributed by atoms with Gasteiger partial charge in [0.2, 0.25) is 0 Å². The Labute approximate surface area is 102 Å². The molecule has 0 aliphatic carbocycles. The predicted octanol–water partition coefficient (Wildman–Crippen LogP) is 2.12. The summed E-state index contributed by atoms with van der Waals surface area (Å²) >= 11 is 0. The third-order valence-electron chi connectivity index (χ3n) is 2.68. The molecule has 5 nitrogen and oxygen atoms in total. The minimum absolute atomic E-state index is 0.0157. The van der Waals surface area contributed by atoms with E-state index in [1.165, 1.54) is 6.20 Å². The number of para-hydroxylation sites is 1. The monoisotopic (exact) mass is 239 g/mol. The average Bonchev–Trinajstić information content (AvgIpc) is 2.79. The first kappa shape index (κ1) is 10.5. The average molecular weight is 239 g/mol. The SMILES string of the molecule is O=C(O)c1nn(-c2ccccc2)c2ccncc12. The molecule has 0 unspecified atom stereocenters. The first-order valence-corrected chi connectivity index (χ1v) is 5.39. The van der Waals surface area contributed by atoms with Crippen molar-refractivity contribution in [2.24, 2.45) is 0 Å². The lowest BCUT2D eigenvalue weighted by molar-refractivity contribution is 0.0692. The third-order valence-corrected chi connectivity index (χ3v) is 2.68. The summed E-state index contributed by atoms with van der Waals surface area (Å²) in [4.78, 5) is 15.1. The van der Waals surface area contributed by atoms with Crippen LogP contribution in [0.2, 0.25) is 0 Å². The van der Waals surface area contributed by atoms with Gasteiger partial charge in [-0.05, 0) is 18.2 Å². The Hall–Kier alpha value is -2.69. The molecule has 1 N–H and O–H groups in total. The number of benzene rings is 1. The fraction of sp³-hybridized carbons (Fsp3) is 0. The number of carboxylic acids is 1. The minimum Gasteiger partial charge on any atom is -0.476 e. The van der Waals surface area contributed by atoms with Crippen molar-refractivity contribution < 1.29 is 9.90 Å². The van der Waals surface area contributed by atoms with Crippen molar-refractivity contribution in [2.75, 3.05) is 0 Å². The second-order valence-corrected chi connectivity index (χ2v) is 3.79. The number of carbonyl (C=O) groups is 1. The van der Waals surface area contributed by atoms with Crippen LogP contribution in [0.15, 0.2) is 48.8 Å². The molecule has 0 aliphatic rings. The summed E-state index contributed by atoms with van der Waals surface area (Å²) in [7, 11) is 0. The van der Waals surface area contributed by atoms with Crippen molar-refractivity contribution in [1.82, 2.24) is 14.8 Å². The van der Waals surface area contributed by atoms with Crippen molar-refractivity contribution in [1.29, 1.82) is 0 Å². The van der Waals surface area contributed by atoms with E-state index in [0.29, 0.717) is 5.39 Å². The molecule has 0 amide bonds. The number of pyridine rings is 1. The number of aromatic nitrogens is 3. The standard InChI is InChI=1S/C13H9N3O2/c17-13(18)12-10-8-14-7-6-11(10)16(15-12)9-4-2-1-3-5-9/h1-8H,(H,17,18). The van der Waals surface area contributed by atoms with Gasteiger partial charge in [-0.3, -0.25) is 4.98 Å². The number of aromatic carboxylic acids is 1. The van der Waals surface area contributed by atoms with Crippen molar-refractivity contribution in [2.45, 2.75) is 0 Å². The molecule has 88 valence electrons.